The predicted molar refractivity (Wildman–Crippen MR) is 130 cm³/mol. The first-order chi connectivity index (χ1) is 15.4. The number of aromatic nitrogens is 1. The highest BCUT2D eigenvalue weighted by atomic mass is 32.2. The molecule has 1 heterocycles. The average molecular weight is 510 g/mol. The number of benzene rings is 2. The summed E-state index contributed by atoms with van der Waals surface area (Å²) in [6, 6.07) is 13.8. The van der Waals surface area contributed by atoms with Gasteiger partial charge in [0.15, 0.2) is 0 Å². The van der Waals surface area contributed by atoms with Crippen LogP contribution in [0, 0.1) is 11.8 Å². The SMILES string of the molecule is CC(CS(C)(=O)=O)C(=O)N([C@H](N)[C@@H](C)Cc1ccccc1)S(=O)(=O)c1ccc2scnc2c1. The van der Waals surface area contributed by atoms with Gasteiger partial charge in [0.25, 0.3) is 10.0 Å². The maximum atomic E-state index is 13.7. The van der Waals surface area contributed by atoms with E-state index >= 15 is 0 Å². The summed E-state index contributed by atoms with van der Waals surface area (Å²) in [5, 5.41) is 0. The summed E-state index contributed by atoms with van der Waals surface area (Å²) in [5.74, 6) is -2.86. The van der Waals surface area contributed by atoms with Crippen LogP contribution in [0.3, 0.4) is 0 Å². The molecule has 0 aliphatic heterocycles. The van der Waals surface area contributed by atoms with Gasteiger partial charge in [0.1, 0.15) is 9.84 Å². The Hall–Kier alpha value is -2.34. The molecule has 2 N–H and O–H groups in total. The predicted octanol–water partition coefficient (Wildman–Crippen LogP) is 2.66. The lowest BCUT2D eigenvalue weighted by atomic mass is 9.98. The summed E-state index contributed by atoms with van der Waals surface area (Å²) in [4.78, 5) is 17.4. The molecule has 0 aliphatic rings. The van der Waals surface area contributed by atoms with Crippen LogP contribution < -0.4 is 5.73 Å². The molecule has 2 aromatic carbocycles. The highest BCUT2D eigenvalue weighted by molar-refractivity contribution is 7.90. The minimum atomic E-state index is -4.38. The van der Waals surface area contributed by atoms with Crippen molar-refractivity contribution >= 4 is 47.3 Å². The molecule has 1 aromatic heterocycles. The van der Waals surface area contributed by atoms with Crippen LogP contribution in [0.4, 0.5) is 0 Å². The van der Waals surface area contributed by atoms with Crippen molar-refractivity contribution in [2.24, 2.45) is 17.6 Å². The second-order valence-corrected chi connectivity index (χ2v) is 13.2. The molecule has 3 rings (SSSR count). The molecule has 178 valence electrons. The lowest BCUT2D eigenvalue weighted by molar-refractivity contribution is -0.131. The Morgan fingerprint density at radius 1 is 1.09 bits per heavy atom. The van der Waals surface area contributed by atoms with E-state index in [1.807, 2.05) is 30.3 Å². The molecule has 0 radical (unpaired) electrons. The number of sulfonamides is 1. The van der Waals surface area contributed by atoms with Gasteiger partial charge in [-0.1, -0.05) is 44.2 Å². The average Bonchev–Trinajstić information content (AvgIpc) is 3.21. The standard InChI is InChI=1S/C22H27N3O5S3/c1-15(11-17-7-5-4-6-8-17)21(23)25(22(26)16(2)13-32(3,27)28)33(29,30)18-9-10-20-19(12-18)24-14-31-20/h4-10,12,14-16,21H,11,13,23H2,1-3H3/t15-,16?,21-/m0/s1. The minimum Gasteiger partial charge on any atom is -0.310 e. The lowest BCUT2D eigenvalue weighted by Crippen LogP contribution is -2.54. The van der Waals surface area contributed by atoms with Crippen molar-refractivity contribution in [2.75, 3.05) is 12.0 Å². The fourth-order valence-corrected chi connectivity index (χ4v) is 7.00. The Balaban J connectivity index is 2.02. The van der Waals surface area contributed by atoms with Gasteiger partial charge in [-0.3, -0.25) is 4.79 Å². The van der Waals surface area contributed by atoms with Crippen molar-refractivity contribution in [1.82, 2.24) is 9.29 Å². The highest BCUT2D eigenvalue weighted by Gasteiger charge is 2.39. The van der Waals surface area contributed by atoms with Gasteiger partial charge >= 0.3 is 0 Å². The van der Waals surface area contributed by atoms with Gasteiger partial charge in [-0.15, -0.1) is 11.3 Å². The molecule has 3 atom stereocenters. The molecule has 0 saturated heterocycles. The maximum absolute atomic E-state index is 13.7. The molecule has 0 saturated carbocycles. The number of nitrogens with zero attached hydrogens (tertiary/aromatic N) is 2. The molecule has 1 amide bonds. The molecule has 0 fully saturated rings. The number of fused-ring (bicyclic) bond motifs is 1. The number of hydrogen-bond donors (Lipinski definition) is 1. The van der Waals surface area contributed by atoms with Crippen molar-refractivity contribution in [3.05, 3.63) is 59.6 Å². The zero-order valence-electron chi connectivity index (χ0n) is 18.6. The molecule has 3 aromatic rings. The number of thiazole rings is 1. The summed E-state index contributed by atoms with van der Waals surface area (Å²) in [6.45, 7) is 3.16. The molecule has 11 heteroatoms. The van der Waals surface area contributed by atoms with E-state index in [9.17, 15) is 21.6 Å². The first-order valence-corrected chi connectivity index (χ1v) is 14.7. The van der Waals surface area contributed by atoms with Crippen LogP contribution >= 0.6 is 11.3 Å². The number of rotatable bonds is 9. The quantitative estimate of drug-likeness (QED) is 0.439. The molecule has 33 heavy (non-hydrogen) atoms. The number of hydrogen-bond acceptors (Lipinski definition) is 8. The number of carbonyl (C=O) groups is 1. The van der Waals surface area contributed by atoms with E-state index in [-0.39, 0.29) is 4.90 Å². The first-order valence-electron chi connectivity index (χ1n) is 10.3. The summed E-state index contributed by atoms with van der Waals surface area (Å²) in [6.07, 6.45) is 0.243. The van der Waals surface area contributed by atoms with Gasteiger partial charge in [-0.25, -0.2) is 26.1 Å². The van der Waals surface area contributed by atoms with Gasteiger partial charge in [0, 0.05) is 6.26 Å². The van der Waals surface area contributed by atoms with Crippen molar-refractivity contribution in [1.29, 1.82) is 0 Å². The summed E-state index contributed by atoms with van der Waals surface area (Å²) in [5.41, 5.74) is 9.43. The third-order valence-corrected chi connectivity index (χ3v) is 9.01. The van der Waals surface area contributed by atoms with Crippen LogP contribution in [-0.4, -0.2) is 50.2 Å². The smallest absolute Gasteiger partial charge is 0.267 e. The highest BCUT2D eigenvalue weighted by Crippen LogP contribution is 2.27. The largest absolute Gasteiger partial charge is 0.310 e. The normalized spacial score (nSPS) is 15.2. The third-order valence-electron chi connectivity index (χ3n) is 5.30. The van der Waals surface area contributed by atoms with Gasteiger partial charge in [0.2, 0.25) is 5.91 Å². The fraction of sp³-hybridized carbons (Fsp3) is 0.364. The van der Waals surface area contributed by atoms with E-state index in [2.05, 4.69) is 4.98 Å². The molecule has 1 unspecified atom stereocenters. The van der Waals surface area contributed by atoms with Crippen molar-refractivity contribution in [3.8, 4) is 0 Å². The second-order valence-electron chi connectivity index (χ2n) is 8.27. The summed E-state index contributed by atoms with van der Waals surface area (Å²) >= 11 is 1.37. The van der Waals surface area contributed by atoms with Crippen LogP contribution in [0.2, 0.25) is 0 Å². The van der Waals surface area contributed by atoms with Gasteiger partial charge in [-0.05, 0) is 36.1 Å². The minimum absolute atomic E-state index is 0.122. The van der Waals surface area contributed by atoms with Crippen LogP contribution in [0.5, 0.6) is 0 Å². The molecule has 0 spiro atoms. The monoisotopic (exact) mass is 509 g/mol. The molecule has 0 bridgehead atoms. The Morgan fingerprint density at radius 3 is 2.39 bits per heavy atom. The van der Waals surface area contributed by atoms with Crippen LogP contribution in [0.15, 0.2) is 58.9 Å². The molecular weight excluding hydrogens is 482 g/mol. The zero-order valence-corrected chi connectivity index (χ0v) is 21.0. The van der Waals surface area contributed by atoms with Crippen LogP contribution in [0.25, 0.3) is 10.2 Å². The fourth-order valence-electron chi connectivity index (χ4n) is 3.62. The Bertz CT molecular complexity index is 1340. The third kappa shape index (κ3) is 5.97. The Labute approximate surface area is 198 Å². The van der Waals surface area contributed by atoms with Crippen molar-refractivity contribution in [2.45, 2.75) is 31.3 Å². The van der Waals surface area contributed by atoms with Gasteiger partial charge < -0.3 is 5.73 Å². The maximum Gasteiger partial charge on any atom is 0.267 e. The van der Waals surface area contributed by atoms with Crippen LogP contribution in [0.1, 0.15) is 19.4 Å². The lowest BCUT2D eigenvalue weighted by Gasteiger charge is -2.34. The van der Waals surface area contributed by atoms with E-state index in [0.717, 1.165) is 16.5 Å². The summed E-state index contributed by atoms with van der Waals surface area (Å²) < 4.78 is 52.4. The van der Waals surface area contributed by atoms with Gasteiger partial charge in [-0.2, -0.15) is 0 Å². The first kappa shape index (κ1) is 25.3. The van der Waals surface area contributed by atoms with E-state index in [1.165, 1.54) is 30.4 Å². The Kier molecular flexibility index (Phi) is 7.57. The van der Waals surface area contributed by atoms with E-state index in [4.69, 9.17) is 5.73 Å². The van der Waals surface area contributed by atoms with E-state index < -0.39 is 49.5 Å². The zero-order chi connectivity index (χ0) is 24.4. The Morgan fingerprint density at radius 2 is 1.76 bits per heavy atom. The van der Waals surface area contributed by atoms with Crippen LogP contribution in [-0.2, 0) is 31.1 Å². The van der Waals surface area contributed by atoms with E-state index in [0.29, 0.717) is 16.2 Å². The van der Waals surface area contributed by atoms with Gasteiger partial charge in [0.05, 0.1) is 38.5 Å². The van der Waals surface area contributed by atoms with E-state index in [1.54, 1.807) is 18.5 Å². The number of carbonyl (C=O) groups excluding carboxylic acids is 1. The second kappa shape index (κ2) is 9.88. The molecular formula is C22H27N3O5S3. The number of nitrogens with two attached hydrogens (primary N) is 1. The molecule has 0 aliphatic carbocycles. The molecule has 8 nitrogen and oxygen atoms in total. The van der Waals surface area contributed by atoms with Crippen molar-refractivity contribution in [3.63, 3.8) is 0 Å². The summed E-state index contributed by atoms with van der Waals surface area (Å²) in [7, 11) is -7.90. The topological polar surface area (TPSA) is 127 Å². The van der Waals surface area contributed by atoms with Crippen molar-refractivity contribution < 1.29 is 21.6 Å². The number of amides is 1. The number of sulfone groups is 1.